The minimum atomic E-state index is 0.193. The van der Waals surface area contributed by atoms with Crippen molar-refractivity contribution in [1.29, 1.82) is 0 Å². The standard InChI is InChI=1S/C12H24N2O2/c1-14(2)12(15)8-9-13-10-4-6-11(16-3)7-5-10/h10-11,13H,4-9H2,1-3H3. The first-order valence-electron chi connectivity index (χ1n) is 6.09. The lowest BCUT2D eigenvalue weighted by Crippen LogP contribution is -2.37. The SMILES string of the molecule is COC1CCC(NCCC(=O)N(C)C)CC1. The quantitative estimate of drug-likeness (QED) is 0.763. The predicted molar refractivity (Wildman–Crippen MR) is 64.4 cm³/mol. The second-order valence-electron chi connectivity index (χ2n) is 4.70. The van der Waals surface area contributed by atoms with Gasteiger partial charge < -0.3 is 15.0 Å². The van der Waals surface area contributed by atoms with Crippen molar-refractivity contribution in [3.63, 3.8) is 0 Å². The third-order valence-corrected chi connectivity index (χ3v) is 3.28. The molecule has 0 aromatic carbocycles. The van der Waals surface area contributed by atoms with Gasteiger partial charge >= 0.3 is 0 Å². The van der Waals surface area contributed by atoms with Crippen LogP contribution in [0.2, 0.25) is 0 Å². The number of methoxy groups -OCH3 is 1. The molecule has 0 radical (unpaired) electrons. The molecule has 1 amide bonds. The summed E-state index contributed by atoms with van der Waals surface area (Å²) in [5.41, 5.74) is 0. The van der Waals surface area contributed by atoms with E-state index in [-0.39, 0.29) is 5.91 Å². The molecule has 1 rings (SSSR count). The normalized spacial score (nSPS) is 25.4. The Morgan fingerprint density at radius 2 is 1.94 bits per heavy atom. The van der Waals surface area contributed by atoms with Gasteiger partial charge in [-0.25, -0.2) is 0 Å². The Bertz CT molecular complexity index is 211. The van der Waals surface area contributed by atoms with Gasteiger partial charge in [0.2, 0.25) is 5.91 Å². The molecule has 1 aliphatic rings. The summed E-state index contributed by atoms with van der Waals surface area (Å²) in [6, 6.07) is 0.571. The molecule has 4 heteroatoms. The van der Waals surface area contributed by atoms with Crippen LogP contribution in [-0.2, 0) is 9.53 Å². The lowest BCUT2D eigenvalue weighted by atomic mass is 9.93. The highest BCUT2D eigenvalue weighted by molar-refractivity contribution is 5.75. The fraction of sp³-hybridized carbons (Fsp3) is 0.917. The molecule has 0 heterocycles. The zero-order valence-electron chi connectivity index (χ0n) is 10.7. The molecule has 1 N–H and O–H groups in total. The van der Waals surface area contributed by atoms with Gasteiger partial charge in [0.1, 0.15) is 0 Å². The van der Waals surface area contributed by atoms with Gasteiger partial charge in [0, 0.05) is 40.2 Å². The maximum absolute atomic E-state index is 11.3. The van der Waals surface area contributed by atoms with Crippen molar-refractivity contribution in [2.75, 3.05) is 27.7 Å². The van der Waals surface area contributed by atoms with Gasteiger partial charge in [-0.05, 0) is 25.7 Å². The molecule has 1 saturated carbocycles. The zero-order chi connectivity index (χ0) is 12.0. The molecule has 0 aromatic rings. The molecule has 0 spiro atoms. The largest absolute Gasteiger partial charge is 0.381 e. The number of hydrogen-bond donors (Lipinski definition) is 1. The third kappa shape index (κ3) is 4.49. The van der Waals surface area contributed by atoms with Crippen LogP contribution in [0.15, 0.2) is 0 Å². The van der Waals surface area contributed by atoms with Crippen molar-refractivity contribution < 1.29 is 9.53 Å². The summed E-state index contributed by atoms with van der Waals surface area (Å²) in [5.74, 6) is 0.193. The smallest absolute Gasteiger partial charge is 0.223 e. The number of carbonyl (C=O) groups is 1. The summed E-state index contributed by atoms with van der Waals surface area (Å²) >= 11 is 0. The van der Waals surface area contributed by atoms with E-state index in [0.29, 0.717) is 18.6 Å². The first-order valence-corrected chi connectivity index (χ1v) is 6.09. The van der Waals surface area contributed by atoms with E-state index in [4.69, 9.17) is 4.74 Å². The average Bonchev–Trinajstić information content (AvgIpc) is 2.29. The predicted octanol–water partition coefficient (Wildman–Crippen LogP) is 1.01. The minimum absolute atomic E-state index is 0.193. The Morgan fingerprint density at radius 1 is 1.31 bits per heavy atom. The Labute approximate surface area is 98.3 Å². The molecule has 4 nitrogen and oxygen atoms in total. The Morgan fingerprint density at radius 3 is 2.44 bits per heavy atom. The molecular weight excluding hydrogens is 204 g/mol. The van der Waals surface area contributed by atoms with Crippen LogP contribution in [0, 0.1) is 0 Å². The average molecular weight is 228 g/mol. The van der Waals surface area contributed by atoms with E-state index in [1.54, 1.807) is 26.1 Å². The Hall–Kier alpha value is -0.610. The van der Waals surface area contributed by atoms with Crippen molar-refractivity contribution in [2.24, 2.45) is 0 Å². The van der Waals surface area contributed by atoms with Gasteiger partial charge in [-0.1, -0.05) is 0 Å². The number of nitrogens with zero attached hydrogens (tertiary/aromatic N) is 1. The molecule has 0 aromatic heterocycles. The first-order chi connectivity index (χ1) is 7.63. The van der Waals surface area contributed by atoms with E-state index >= 15 is 0 Å². The summed E-state index contributed by atoms with van der Waals surface area (Å²) < 4.78 is 5.33. The lowest BCUT2D eigenvalue weighted by molar-refractivity contribution is -0.128. The van der Waals surface area contributed by atoms with Crippen LogP contribution in [0.5, 0.6) is 0 Å². The maximum atomic E-state index is 11.3. The van der Waals surface area contributed by atoms with E-state index in [1.807, 2.05) is 0 Å². The summed E-state index contributed by atoms with van der Waals surface area (Å²) in [7, 11) is 5.38. The monoisotopic (exact) mass is 228 g/mol. The van der Waals surface area contributed by atoms with Crippen LogP contribution in [0.3, 0.4) is 0 Å². The van der Waals surface area contributed by atoms with Crippen LogP contribution in [0.4, 0.5) is 0 Å². The molecule has 0 unspecified atom stereocenters. The lowest BCUT2D eigenvalue weighted by Gasteiger charge is -2.28. The molecular formula is C12H24N2O2. The Balaban J connectivity index is 2.08. The minimum Gasteiger partial charge on any atom is -0.381 e. The van der Waals surface area contributed by atoms with Crippen molar-refractivity contribution in [2.45, 2.75) is 44.2 Å². The van der Waals surface area contributed by atoms with Crippen LogP contribution in [0.25, 0.3) is 0 Å². The van der Waals surface area contributed by atoms with Gasteiger partial charge in [0.25, 0.3) is 0 Å². The van der Waals surface area contributed by atoms with Crippen LogP contribution < -0.4 is 5.32 Å². The highest BCUT2D eigenvalue weighted by atomic mass is 16.5. The molecule has 0 aliphatic heterocycles. The van der Waals surface area contributed by atoms with Crippen LogP contribution in [-0.4, -0.2) is 50.7 Å². The molecule has 0 bridgehead atoms. The van der Waals surface area contributed by atoms with Gasteiger partial charge in [-0.3, -0.25) is 4.79 Å². The van der Waals surface area contributed by atoms with E-state index in [9.17, 15) is 4.79 Å². The van der Waals surface area contributed by atoms with Gasteiger partial charge in [-0.15, -0.1) is 0 Å². The summed E-state index contributed by atoms with van der Waals surface area (Å²) in [6.07, 6.45) is 5.63. The van der Waals surface area contributed by atoms with Crippen LogP contribution in [0.1, 0.15) is 32.1 Å². The van der Waals surface area contributed by atoms with Crippen molar-refractivity contribution in [3.05, 3.63) is 0 Å². The van der Waals surface area contributed by atoms with Crippen molar-refractivity contribution >= 4 is 5.91 Å². The highest BCUT2D eigenvalue weighted by Gasteiger charge is 2.20. The summed E-state index contributed by atoms with van der Waals surface area (Å²) in [5, 5.41) is 3.45. The Kier molecular flexibility index (Phi) is 5.77. The number of hydrogen-bond acceptors (Lipinski definition) is 3. The number of carbonyl (C=O) groups excluding carboxylic acids is 1. The van der Waals surface area contributed by atoms with E-state index < -0.39 is 0 Å². The summed E-state index contributed by atoms with van der Waals surface area (Å²) in [4.78, 5) is 13.0. The van der Waals surface area contributed by atoms with E-state index in [1.165, 1.54) is 0 Å². The van der Waals surface area contributed by atoms with Crippen molar-refractivity contribution in [3.8, 4) is 0 Å². The van der Waals surface area contributed by atoms with E-state index in [2.05, 4.69) is 5.32 Å². The number of rotatable bonds is 5. The van der Waals surface area contributed by atoms with Gasteiger partial charge in [0.15, 0.2) is 0 Å². The number of nitrogens with one attached hydrogen (secondary N) is 1. The third-order valence-electron chi connectivity index (χ3n) is 3.28. The zero-order valence-corrected chi connectivity index (χ0v) is 10.7. The maximum Gasteiger partial charge on any atom is 0.223 e. The fourth-order valence-corrected chi connectivity index (χ4v) is 2.11. The molecule has 94 valence electrons. The second-order valence-corrected chi connectivity index (χ2v) is 4.70. The van der Waals surface area contributed by atoms with Gasteiger partial charge in [-0.2, -0.15) is 0 Å². The summed E-state index contributed by atoms with van der Waals surface area (Å²) in [6.45, 7) is 0.791. The molecule has 1 fully saturated rings. The molecule has 0 atom stereocenters. The van der Waals surface area contributed by atoms with Gasteiger partial charge in [0.05, 0.1) is 6.10 Å². The molecule has 16 heavy (non-hydrogen) atoms. The second kappa shape index (κ2) is 6.86. The topological polar surface area (TPSA) is 41.6 Å². The first kappa shape index (κ1) is 13.5. The number of amides is 1. The fourth-order valence-electron chi connectivity index (χ4n) is 2.11. The van der Waals surface area contributed by atoms with Crippen LogP contribution >= 0.6 is 0 Å². The number of ether oxygens (including phenoxy) is 1. The van der Waals surface area contributed by atoms with E-state index in [0.717, 1.165) is 32.2 Å². The highest BCUT2D eigenvalue weighted by Crippen LogP contribution is 2.20. The van der Waals surface area contributed by atoms with Crippen molar-refractivity contribution in [1.82, 2.24) is 10.2 Å². The molecule has 0 saturated heterocycles. The molecule has 1 aliphatic carbocycles.